The van der Waals surface area contributed by atoms with E-state index in [-0.39, 0.29) is 6.04 Å². The Morgan fingerprint density at radius 3 is 2.94 bits per heavy atom. The average Bonchev–Trinajstić information content (AvgIpc) is 2.95. The summed E-state index contributed by atoms with van der Waals surface area (Å²) in [5.41, 5.74) is 0. The fourth-order valence-electron chi connectivity index (χ4n) is 1.39. The highest BCUT2D eigenvalue weighted by Crippen LogP contribution is 2.23. The Morgan fingerprint density at radius 2 is 2.31 bits per heavy atom. The van der Waals surface area contributed by atoms with Crippen LogP contribution in [-0.2, 0) is 0 Å². The summed E-state index contributed by atoms with van der Waals surface area (Å²) in [6.45, 7) is 5.00. The molecule has 16 heavy (non-hydrogen) atoms. The summed E-state index contributed by atoms with van der Waals surface area (Å²) in [6.07, 6.45) is 2.53. The number of nitrogens with one attached hydrogen (secondary N) is 1. The molecule has 0 radical (unpaired) electrons. The van der Waals surface area contributed by atoms with E-state index in [1.165, 1.54) is 11.5 Å². The molecule has 2 heterocycles. The highest BCUT2D eigenvalue weighted by atomic mass is 32.1. The van der Waals surface area contributed by atoms with Gasteiger partial charge in [0.05, 0.1) is 12.2 Å². The summed E-state index contributed by atoms with van der Waals surface area (Å²) in [4.78, 5) is 0.796. The number of hydrogen-bond donors (Lipinski definition) is 1. The average molecular weight is 239 g/mol. The lowest BCUT2D eigenvalue weighted by atomic mass is 10.2. The summed E-state index contributed by atoms with van der Waals surface area (Å²) >= 11 is 1.24. The lowest BCUT2D eigenvalue weighted by Crippen LogP contribution is -2.20. The summed E-state index contributed by atoms with van der Waals surface area (Å²) < 4.78 is 9.34. The van der Waals surface area contributed by atoms with E-state index in [2.05, 4.69) is 32.0 Å². The van der Waals surface area contributed by atoms with Gasteiger partial charge in [0.25, 0.3) is 5.89 Å². The van der Waals surface area contributed by atoms with Gasteiger partial charge in [-0.25, -0.2) is 0 Å². The van der Waals surface area contributed by atoms with E-state index in [0.717, 1.165) is 17.8 Å². The molecule has 0 aliphatic carbocycles. The minimum Gasteiger partial charge on any atom is -0.418 e. The van der Waals surface area contributed by atoms with Gasteiger partial charge >= 0.3 is 0 Å². The molecule has 0 bridgehead atoms. The fourth-order valence-corrected chi connectivity index (χ4v) is 1.83. The van der Waals surface area contributed by atoms with Gasteiger partial charge in [-0.1, -0.05) is 18.3 Å². The van der Waals surface area contributed by atoms with Crippen molar-refractivity contribution in [2.24, 2.45) is 0 Å². The summed E-state index contributed by atoms with van der Waals surface area (Å²) in [7, 11) is 0. The van der Waals surface area contributed by atoms with Crippen LogP contribution in [0.15, 0.2) is 10.6 Å². The van der Waals surface area contributed by atoms with Gasteiger partial charge in [0.15, 0.2) is 0 Å². The lowest BCUT2D eigenvalue weighted by molar-refractivity contribution is 0.402. The van der Waals surface area contributed by atoms with Gasteiger partial charge in [0.2, 0.25) is 5.89 Å². The number of nitrogens with zero attached hydrogens (tertiary/aromatic N) is 4. The summed E-state index contributed by atoms with van der Waals surface area (Å²) in [5, 5.41) is 15.0. The largest absolute Gasteiger partial charge is 0.418 e. The molecule has 1 unspecified atom stereocenters. The normalized spacial score (nSPS) is 12.9. The fraction of sp³-hybridized carbons (Fsp3) is 0.556. The van der Waals surface area contributed by atoms with Crippen LogP contribution in [0.25, 0.3) is 10.8 Å². The molecule has 7 heteroatoms. The van der Waals surface area contributed by atoms with Crippen LogP contribution >= 0.6 is 11.5 Å². The van der Waals surface area contributed by atoms with Crippen LogP contribution in [0.1, 0.15) is 32.2 Å². The standard InChI is InChI=1S/C9H13N5OS/c1-3-6(10-4-2)8-12-13-9(15-8)7-5-11-14-16-7/h5-6,10H,3-4H2,1-2H3. The van der Waals surface area contributed by atoms with Crippen molar-refractivity contribution in [3.63, 3.8) is 0 Å². The molecule has 0 spiro atoms. The van der Waals surface area contributed by atoms with E-state index < -0.39 is 0 Å². The Balaban J connectivity index is 2.18. The van der Waals surface area contributed by atoms with Crippen LogP contribution in [0.5, 0.6) is 0 Å². The third-order valence-electron chi connectivity index (χ3n) is 2.17. The Hall–Kier alpha value is -1.34. The molecule has 0 saturated carbocycles. The third kappa shape index (κ3) is 2.25. The number of aromatic nitrogens is 4. The van der Waals surface area contributed by atoms with Crippen LogP contribution in [0, 0.1) is 0 Å². The van der Waals surface area contributed by atoms with Crippen molar-refractivity contribution in [2.75, 3.05) is 6.54 Å². The first-order chi connectivity index (χ1) is 7.85. The Bertz CT molecular complexity index is 427. The zero-order chi connectivity index (χ0) is 11.4. The van der Waals surface area contributed by atoms with Crippen molar-refractivity contribution < 1.29 is 4.42 Å². The molecule has 0 aromatic carbocycles. The quantitative estimate of drug-likeness (QED) is 0.854. The predicted molar refractivity (Wildman–Crippen MR) is 59.9 cm³/mol. The minimum atomic E-state index is 0.118. The molecule has 0 saturated heterocycles. The molecule has 0 amide bonds. The maximum atomic E-state index is 5.58. The van der Waals surface area contributed by atoms with Crippen molar-refractivity contribution in [2.45, 2.75) is 26.3 Å². The predicted octanol–water partition coefficient (Wildman–Crippen LogP) is 1.65. The summed E-state index contributed by atoms with van der Waals surface area (Å²) in [5.74, 6) is 1.11. The molecule has 2 aromatic heterocycles. The minimum absolute atomic E-state index is 0.118. The molecule has 6 nitrogen and oxygen atoms in total. The highest BCUT2D eigenvalue weighted by molar-refractivity contribution is 7.09. The molecule has 1 atom stereocenters. The van der Waals surface area contributed by atoms with Gasteiger partial charge in [-0.2, -0.15) is 0 Å². The SMILES string of the molecule is CCNC(CC)c1nnc(-c2cnns2)o1. The molecule has 0 fully saturated rings. The van der Waals surface area contributed by atoms with Crippen molar-refractivity contribution in [3.05, 3.63) is 12.1 Å². The maximum absolute atomic E-state index is 5.58. The van der Waals surface area contributed by atoms with E-state index in [0.29, 0.717) is 11.8 Å². The van der Waals surface area contributed by atoms with Gasteiger partial charge in [0.1, 0.15) is 4.88 Å². The van der Waals surface area contributed by atoms with Gasteiger partial charge in [-0.3, -0.25) is 0 Å². The number of rotatable bonds is 5. The molecular weight excluding hydrogens is 226 g/mol. The van der Waals surface area contributed by atoms with E-state index in [1.807, 2.05) is 6.92 Å². The maximum Gasteiger partial charge on any atom is 0.261 e. The van der Waals surface area contributed by atoms with E-state index in [1.54, 1.807) is 6.20 Å². The third-order valence-corrected chi connectivity index (χ3v) is 2.82. The van der Waals surface area contributed by atoms with Crippen LogP contribution in [0.4, 0.5) is 0 Å². The van der Waals surface area contributed by atoms with Crippen molar-refractivity contribution in [3.8, 4) is 10.8 Å². The zero-order valence-electron chi connectivity index (χ0n) is 9.17. The van der Waals surface area contributed by atoms with Crippen molar-refractivity contribution >= 4 is 11.5 Å². The topological polar surface area (TPSA) is 76.7 Å². The van der Waals surface area contributed by atoms with Crippen LogP contribution in [-0.4, -0.2) is 26.3 Å². The Kier molecular flexibility index (Phi) is 3.58. The van der Waals surface area contributed by atoms with Crippen LogP contribution < -0.4 is 5.32 Å². The Labute approximate surface area is 97.3 Å². The van der Waals surface area contributed by atoms with Crippen LogP contribution in [0.2, 0.25) is 0 Å². The Morgan fingerprint density at radius 1 is 1.44 bits per heavy atom. The lowest BCUT2D eigenvalue weighted by Gasteiger charge is -2.09. The van der Waals surface area contributed by atoms with Gasteiger partial charge in [-0.15, -0.1) is 15.3 Å². The highest BCUT2D eigenvalue weighted by Gasteiger charge is 2.17. The first-order valence-corrected chi connectivity index (χ1v) is 5.97. The van der Waals surface area contributed by atoms with Gasteiger partial charge in [-0.05, 0) is 24.5 Å². The molecule has 86 valence electrons. The molecule has 0 aliphatic rings. The first kappa shape index (κ1) is 11.2. The van der Waals surface area contributed by atoms with Crippen molar-refractivity contribution in [1.29, 1.82) is 0 Å². The van der Waals surface area contributed by atoms with E-state index >= 15 is 0 Å². The smallest absolute Gasteiger partial charge is 0.261 e. The van der Waals surface area contributed by atoms with Crippen molar-refractivity contribution in [1.82, 2.24) is 25.1 Å². The van der Waals surface area contributed by atoms with Gasteiger partial charge in [0, 0.05) is 0 Å². The van der Waals surface area contributed by atoms with Gasteiger partial charge < -0.3 is 9.73 Å². The second-order valence-corrected chi connectivity index (χ2v) is 4.03. The molecule has 2 rings (SSSR count). The molecular formula is C9H13N5OS. The first-order valence-electron chi connectivity index (χ1n) is 5.19. The zero-order valence-corrected chi connectivity index (χ0v) is 9.99. The second kappa shape index (κ2) is 5.13. The summed E-state index contributed by atoms with van der Waals surface area (Å²) in [6, 6.07) is 0.118. The molecule has 0 aliphatic heterocycles. The van der Waals surface area contributed by atoms with Crippen LogP contribution in [0.3, 0.4) is 0 Å². The monoisotopic (exact) mass is 239 g/mol. The molecule has 1 N–H and O–H groups in total. The number of hydrogen-bond acceptors (Lipinski definition) is 7. The second-order valence-electron chi connectivity index (χ2n) is 3.25. The molecule has 2 aromatic rings. The van der Waals surface area contributed by atoms with E-state index in [9.17, 15) is 0 Å². The van der Waals surface area contributed by atoms with E-state index in [4.69, 9.17) is 4.42 Å².